The molecule has 2 aliphatic carbocycles. The predicted molar refractivity (Wildman–Crippen MR) is 109 cm³/mol. The van der Waals surface area contributed by atoms with E-state index in [2.05, 4.69) is 5.32 Å². The number of carbonyl (C=O) groups excluding carboxylic acids is 3. The second-order valence-corrected chi connectivity index (χ2v) is 10.2. The van der Waals surface area contributed by atoms with Crippen LogP contribution >= 0.6 is 0 Å². The average Bonchev–Trinajstić information content (AvgIpc) is 3.43. The standard InChI is InChI=1S/C23H33NO8/c1-23(2)31-18-17-16(30-22(18)32-23)14(19(25)24-12-8-4-3-5-9-12)15(21(27)29-17)20(26)28-13-10-6-7-11-13/h12-18,22H,3-11H2,1-2H3,(H,24,25)/t14-,15+,16+,17-,18+,22+/m0/s1. The van der Waals surface area contributed by atoms with Crippen LogP contribution in [0.15, 0.2) is 0 Å². The largest absolute Gasteiger partial charge is 0.462 e. The topological polar surface area (TPSA) is 109 Å². The summed E-state index contributed by atoms with van der Waals surface area (Å²) >= 11 is 0. The molecule has 0 aromatic carbocycles. The van der Waals surface area contributed by atoms with Crippen molar-refractivity contribution in [2.45, 2.75) is 114 Å². The number of hydrogen-bond donors (Lipinski definition) is 1. The Bertz CT molecular complexity index is 757. The monoisotopic (exact) mass is 451 g/mol. The van der Waals surface area contributed by atoms with Crippen molar-refractivity contribution in [1.29, 1.82) is 0 Å². The Kier molecular flexibility index (Phi) is 5.92. The van der Waals surface area contributed by atoms with Crippen LogP contribution in [-0.2, 0) is 38.1 Å². The molecule has 5 aliphatic rings. The lowest BCUT2D eigenvalue weighted by Crippen LogP contribution is -2.59. The van der Waals surface area contributed by atoms with Crippen molar-refractivity contribution in [1.82, 2.24) is 5.32 Å². The molecule has 9 heteroatoms. The summed E-state index contributed by atoms with van der Waals surface area (Å²) in [6.07, 6.45) is 5.29. The van der Waals surface area contributed by atoms with Crippen molar-refractivity contribution < 1.29 is 38.1 Å². The van der Waals surface area contributed by atoms with E-state index in [-0.39, 0.29) is 18.1 Å². The third-order valence-electron chi connectivity index (χ3n) is 7.34. The van der Waals surface area contributed by atoms with Crippen molar-refractivity contribution in [3.63, 3.8) is 0 Å². The molecular weight excluding hydrogens is 418 g/mol. The Balaban J connectivity index is 1.38. The minimum Gasteiger partial charge on any atom is -0.462 e. The van der Waals surface area contributed by atoms with E-state index < -0.39 is 54.2 Å². The SMILES string of the molecule is CC1(C)O[C@H]2O[C@H]3[C@H](OC(=O)[C@@H](C(=O)OC4CCCC4)[C@@H]3C(=O)NC3CCCCC3)[C@H]2O1. The second kappa shape index (κ2) is 8.57. The minimum absolute atomic E-state index is 0.0338. The lowest BCUT2D eigenvalue weighted by molar-refractivity contribution is -0.237. The van der Waals surface area contributed by atoms with E-state index >= 15 is 0 Å². The number of fused-ring (bicyclic) bond motifs is 3. The van der Waals surface area contributed by atoms with Gasteiger partial charge in [-0.1, -0.05) is 19.3 Å². The van der Waals surface area contributed by atoms with Crippen LogP contribution < -0.4 is 5.32 Å². The summed E-state index contributed by atoms with van der Waals surface area (Å²) in [5, 5.41) is 3.07. The first kappa shape index (κ1) is 22.1. The summed E-state index contributed by atoms with van der Waals surface area (Å²) in [5.74, 6) is -5.10. The fourth-order valence-corrected chi connectivity index (χ4v) is 5.80. The highest BCUT2D eigenvalue weighted by Crippen LogP contribution is 2.45. The van der Waals surface area contributed by atoms with Crippen molar-refractivity contribution >= 4 is 17.8 Å². The minimum atomic E-state index is -1.35. The van der Waals surface area contributed by atoms with Gasteiger partial charge in [0.1, 0.15) is 12.2 Å². The van der Waals surface area contributed by atoms with Gasteiger partial charge in [0.25, 0.3) is 0 Å². The summed E-state index contributed by atoms with van der Waals surface area (Å²) in [4.78, 5) is 39.6. The summed E-state index contributed by atoms with van der Waals surface area (Å²) in [6.45, 7) is 3.51. The summed E-state index contributed by atoms with van der Waals surface area (Å²) in [5.41, 5.74) is 0. The Hall–Kier alpha value is -1.71. The summed E-state index contributed by atoms with van der Waals surface area (Å²) in [6, 6.07) is 0.0338. The molecule has 2 saturated carbocycles. The number of amides is 1. The molecule has 0 bridgehead atoms. The van der Waals surface area contributed by atoms with Gasteiger partial charge in [0, 0.05) is 6.04 Å². The van der Waals surface area contributed by atoms with Crippen LogP contribution in [0.4, 0.5) is 0 Å². The Morgan fingerprint density at radius 1 is 0.938 bits per heavy atom. The number of ether oxygens (including phenoxy) is 5. The zero-order valence-corrected chi connectivity index (χ0v) is 18.7. The molecule has 32 heavy (non-hydrogen) atoms. The molecule has 5 fully saturated rings. The molecule has 3 saturated heterocycles. The van der Waals surface area contributed by atoms with Crippen LogP contribution in [0.25, 0.3) is 0 Å². The van der Waals surface area contributed by atoms with Crippen LogP contribution in [0.2, 0.25) is 0 Å². The van der Waals surface area contributed by atoms with Gasteiger partial charge in [0.15, 0.2) is 30.2 Å². The van der Waals surface area contributed by atoms with Crippen molar-refractivity contribution in [3.8, 4) is 0 Å². The normalized spacial score (nSPS) is 39.2. The molecule has 1 N–H and O–H groups in total. The van der Waals surface area contributed by atoms with E-state index in [4.69, 9.17) is 23.7 Å². The third kappa shape index (κ3) is 4.15. The molecule has 0 unspecified atom stereocenters. The fraction of sp³-hybridized carbons (Fsp3) is 0.870. The molecule has 3 aliphatic heterocycles. The van der Waals surface area contributed by atoms with E-state index in [1.165, 1.54) is 0 Å². The van der Waals surface area contributed by atoms with Gasteiger partial charge in [-0.15, -0.1) is 0 Å². The number of carbonyl (C=O) groups is 3. The Morgan fingerprint density at radius 2 is 1.62 bits per heavy atom. The van der Waals surface area contributed by atoms with Crippen molar-refractivity contribution in [3.05, 3.63) is 0 Å². The lowest BCUT2D eigenvalue weighted by atomic mass is 9.81. The highest BCUT2D eigenvalue weighted by Gasteiger charge is 2.65. The first-order chi connectivity index (χ1) is 15.3. The van der Waals surface area contributed by atoms with E-state index in [1.54, 1.807) is 13.8 Å². The zero-order chi connectivity index (χ0) is 22.5. The van der Waals surface area contributed by atoms with Gasteiger partial charge in [-0.25, -0.2) is 0 Å². The number of esters is 2. The Labute approximate surface area is 187 Å². The first-order valence-corrected chi connectivity index (χ1v) is 12.0. The number of nitrogens with one attached hydrogen (secondary N) is 1. The van der Waals surface area contributed by atoms with Crippen LogP contribution in [-0.4, -0.2) is 60.4 Å². The maximum absolute atomic E-state index is 13.5. The van der Waals surface area contributed by atoms with Crippen molar-refractivity contribution in [2.75, 3.05) is 0 Å². The fourth-order valence-electron chi connectivity index (χ4n) is 5.80. The first-order valence-electron chi connectivity index (χ1n) is 12.0. The van der Waals surface area contributed by atoms with Crippen LogP contribution in [0.1, 0.15) is 71.6 Å². The number of hydrogen-bond acceptors (Lipinski definition) is 8. The third-order valence-corrected chi connectivity index (χ3v) is 7.34. The quantitative estimate of drug-likeness (QED) is 0.510. The van der Waals surface area contributed by atoms with Gasteiger partial charge < -0.3 is 29.0 Å². The molecule has 9 nitrogen and oxygen atoms in total. The summed E-state index contributed by atoms with van der Waals surface area (Å²) in [7, 11) is 0. The van der Waals surface area contributed by atoms with Crippen molar-refractivity contribution in [2.24, 2.45) is 11.8 Å². The van der Waals surface area contributed by atoms with Gasteiger partial charge in [0.05, 0.1) is 5.92 Å². The van der Waals surface area contributed by atoms with Crippen LogP contribution in [0.5, 0.6) is 0 Å². The van der Waals surface area contributed by atoms with E-state index in [0.29, 0.717) is 0 Å². The Morgan fingerprint density at radius 3 is 2.34 bits per heavy atom. The molecule has 1 amide bonds. The smallest absolute Gasteiger partial charge is 0.321 e. The van der Waals surface area contributed by atoms with E-state index in [0.717, 1.165) is 57.8 Å². The van der Waals surface area contributed by atoms with E-state index in [1.807, 2.05) is 0 Å². The van der Waals surface area contributed by atoms with Crippen LogP contribution in [0.3, 0.4) is 0 Å². The van der Waals surface area contributed by atoms with Gasteiger partial charge in [-0.2, -0.15) is 0 Å². The molecule has 0 aromatic rings. The molecule has 0 spiro atoms. The number of rotatable bonds is 4. The average molecular weight is 452 g/mol. The highest BCUT2D eigenvalue weighted by molar-refractivity contribution is 6.01. The molecule has 3 heterocycles. The second-order valence-electron chi connectivity index (χ2n) is 10.2. The van der Waals surface area contributed by atoms with Crippen LogP contribution in [0, 0.1) is 11.8 Å². The molecule has 5 rings (SSSR count). The summed E-state index contributed by atoms with van der Waals surface area (Å²) < 4.78 is 29.0. The van der Waals surface area contributed by atoms with Gasteiger partial charge in [-0.05, 0) is 52.4 Å². The zero-order valence-electron chi connectivity index (χ0n) is 18.7. The highest BCUT2D eigenvalue weighted by atomic mass is 16.8. The van der Waals surface area contributed by atoms with E-state index in [9.17, 15) is 14.4 Å². The molecule has 178 valence electrons. The lowest BCUT2D eigenvalue weighted by Gasteiger charge is -2.38. The molecular formula is C23H33NO8. The maximum Gasteiger partial charge on any atom is 0.321 e. The maximum atomic E-state index is 13.5. The molecule has 0 aromatic heterocycles. The van der Waals surface area contributed by atoms with Gasteiger partial charge >= 0.3 is 11.9 Å². The predicted octanol–water partition coefficient (Wildman–Crippen LogP) is 1.96. The molecule has 6 atom stereocenters. The van der Waals surface area contributed by atoms with Gasteiger partial charge in [-0.3, -0.25) is 14.4 Å². The van der Waals surface area contributed by atoms with Gasteiger partial charge in [0.2, 0.25) is 5.91 Å². The molecule has 0 radical (unpaired) electrons.